The minimum Gasteiger partial charge on any atom is -0.497 e. The van der Waals surface area contributed by atoms with Gasteiger partial charge in [-0.25, -0.2) is 0 Å². The van der Waals surface area contributed by atoms with Crippen molar-refractivity contribution in [3.05, 3.63) is 36.8 Å². The van der Waals surface area contributed by atoms with Gasteiger partial charge in [0.2, 0.25) is 0 Å². The SMILES string of the molecule is [CH2]C(SC(C)C)c1ccc(OC)cc1. The van der Waals surface area contributed by atoms with Gasteiger partial charge in [-0.1, -0.05) is 26.0 Å². The van der Waals surface area contributed by atoms with Crippen LogP contribution >= 0.6 is 11.8 Å². The van der Waals surface area contributed by atoms with Crippen LogP contribution in [0.3, 0.4) is 0 Å². The predicted molar refractivity (Wildman–Crippen MR) is 63.8 cm³/mol. The van der Waals surface area contributed by atoms with Crippen molar-refractivity contribution >= 4 is 11.8 Å². The molecule has 1 atom stereocenters. The summed E-state index contributed by atoms with van der Waals surface area (Å²) in [6.07, 6.45) is 0. The normalized spacial score (nSPS) is 12.9. The zero-order valence-corrected chi connectivity index (χ0v) is 9.80. The lowest BCUT2D eigenvalue weighted by Crippen LogP contribution is -1.95. The average Bonchev–Trinajstić information content (AvgIpc) is 2.17. The zero-order chi connectivity index (χ0) is 10.6. The highest BCUT2D eigenvalue weighted by Crippen LogP contribution is 2.31. The van der Waals surface area contributed by atoms with Crippen LogP contribution in [0.4, 0.5) is 0 Å². The van der Waals surface area contributed by atoms with Gasteiger partial charge >= 0.3 is 0 Å². The van der Waals surface area contributed by atoms with Crippen molar-refractivity contribution in [3.63, 3.8) is 0 Å². The van der Waals surface area contributed by atoms with Gasteiger partial charge in [0.05, 0.1) is 7.11 Å². The van der Waals surface area contributed by atoms with Crippen molar-refractivity contribution in [2.75, 3.05) is 7.11 Å². The summed E-state index contributed by atoms with van der Waals surface area (Å²) in [6.45, 7) is 8.50. The monoisotopic (exact) mass is 209 g/mol. The van der Waals surface area contributed by atoms with E-state index in [1.165, 1.54) is 5.56 Å². The molecule has 0 heterocycles. The smallest absolute Gasteiger partial charge is 0.118 e. The van der Waals surface area contributed by atoms with Crippen LogP contribution in [0.25, 0.3) is 0 Å². The van der Waals surface area contributed by atoms with Crippen LogP contribution in [-0.2, 0) is 0 Å². The van der Waals surface area contributed by atoms with Crippen LogP contribution in [0.1, 0.15) is 24.7 Å². The Morgan fingerprint density at radius 2 is 1.79 bits per heavy atom. The molecule has 1 rings (SSSR count). The van der Waals surface area contributed by atoms with E-state index in [0.717, 1.165) is 5.75 Å². The first-order valence-corrected chi connectivity index (χ1v) is 5.70. The third-order valence-electron chi connectivity index (χ3n) is 1.92. The summed E-state index contributed by atoms with van der Waals surface area (Å²) in [4.78, 5) is 0. The number of ether oxygens (including phenoxy) is 1. The van der Waals surface area contributed by atoms with Crippen molar-refractivity contribution in [1.29, 1.82) is 0 Å². The van der Waals surface area contributed by atoms with E-state index >= 15 is 0 Å². The van der Waals surface area contributed by atoms with Gasteiger partial charge in [-0.05, 0) is 29.9 Å². The van der Waals surface area contributed by atoms with Gasteiger partial charge < -0.3 is 4.74 Å². The van der Waals surface area contributed by atoms with Crippen LogP contribution < -0.4 is 4.74 Å². The summed E-state index contributed by atoms with van der Waals surface area (Å²) in [6, 6.07) is 8.11. The van der Waals surface area contributed by atoms with Crippen molar-refractivity contribution in [2.24, 2.45) is 0 Å². The highest BCUT2D eigenvalue weighted by atomic mass is 32.2. The quantitative estimate of drug-likeness (QED) is 0.747. The Morgan fingerprint density at radius 3 is 2.21 bits per heavy atom. The maximum Gasteiger partial charge on any atom is 0.118 e. The number of thioether (sulfide) groups is 1. The molecule has 0 aliphatic carbocycles. The van der Waals surface area contributed by atoms with Crippen LogP contribution in [0, 0.1) is 6.92 Å². The van der Waals surface area contributed by atoms with Crippen LogP contribution in [0.5, 0.6) is 5.75 Å². The van der Waals surface area contributed by atoms with Crippen molar-refractivity contribution in [3.8, 4) is 5.75 Å². The van der Waals surface area contributed by atoms with E-state index in [1.807, 2.05) is 23.9 Å². The van der Waals surface area contributed by atoms with Gasteiger partial charge in [0, 0.05) is 5.25 Å². The van der Waals surface area contributed by atoms with E-state index in [9.17, 15) is 0 Å². The third-order valence-corrected chi connectivity index (χ3v) is 3.07. The Labute approximate surface area is 90.9 Å². The third kappa shape index (κ3) is 3.26. The fourth-order valence-corrected chi connectivity index (χ4v) is 2.20. The number of hydrogen-bond donors (Lipinski definition) is 0. The summed E-state index contributed by atoms with van der Waals surface area (Å²) < 4.78 is 5.10. The Balaban J connectivity index is 2.66. The first kappa shape index (κ1) is 11.4. The summed E-state index contributed by atoms with van der Waals surface area (Å²) in [5.74, 6) is 0.899. The maximum atomic E-state index is 5.10. The summed E-state index contributed by atoms with van der Waals surface area (Å²) in [5.41, 5.74) is 1.25. The molecule has 0 N–H and O–H groups in total. The van der Waals surface area contributed by atoms with Gasteiger partial charge in [-0.15, -0.1) is 0 Å². The Kier molecular flexibility index (Phi) is 4.33. The first-order valence-electron chi connectivity index (χ1n) is 4.76. The van der Waals surface area contributed by atoms with Crippen LogP contribution in [0.15, 0.2) is 24.3 Å². The van der Waals surface area contributed by atoms with Crippen LogP contribution in [-0.4, -0.2) is 12.4 Å². The number of rotatable bonds is 4. The van der Waals surface area contributed by atoms with Crippen molar-refractivity contribution < 1.29 is 4.74 Å². The molecule has 0 saturated heterocycles. The molecule has 0 aliphatic heterocycles. The summed E-state index contributed by atoms with van der Waals surface area (Å²) in [7, 11) is 1.68. The zero-order valence-electron chi connectivity index (χ0n) is 8.99. The lowest BCUT2D eigenvalue weighted by atomic mass is 10.2. The molecule has 77 valence electrons. The lowest BCUT2D eigenvalue weighted by molar-refractivity contribution is 0.414. The number of benzene rings is 1. The molecule has 1 aromatic carbocycles. The fraction of sp³-hybridized carbons (Fsp3) is 0.417. The molecule has 1 nitrogen and oxygen atoms in total. The topological polar surface area (TPSA) is 9.23 Å². The second kappa shape index (κ2) is 5.30. The number of methoxy groups -OCH3 is 1. The van der Waals surface area contributed by atoms with E-state index in [1.54, 1.807) is 7.11 Å². The minimum absolute atomic E-state index is 0.306. The molecule has 1 unspecified atom stereocenters. The van der Waals surface area contributed by atoms with E-state index in [2.05, 4.69) is 32.9 Å². The molecule has 0 saturated carbocycles. The molecule has 0 aromatic heterocycles. The van der Waals surface area contributed by atoms with E-state index < -0.39 is 0 Å². The standard InChI is InChI=1S/C12H17OS/c1-9(2)14-10(3)11-5-7-12(13-4)8-6-11/h5-10H,3H2,1-2,4H3. The molecule has 14 heavy (non-hydrogen) atoms. The maximum absolute atomic E-state index is 5.10. The van der Waals surface area contributed by atoms with Crippen molar-refractivity contribution in [2.45, 2.75) is 24.3 Å². The van der Waals surface area contributed by atoms with Crippen LogP contribution in [0.2, 0.25) is 0 Å². The molecular formula is C12H17OS. The minimum atomic E-state index is 0.306. The largest absolute Gasteiger partial charge is 0.497 e. The van der Waals surface area contributed by atoms with E-state index in [-0.39, 0.29) is 0 Å². The molecule has 1 radical (unpaired) electrons. The average molecular weight is 209 g/mol. The Hall–Kier alpha value is -0.630. The second-order valence-electron chi connectivity index (χ2n) is 3.45. The number of hydrogen-bond acceptors (Lipinski definition) is 2. The summed E-state index contributed by atoms with van der Waals surface area (Å²) in [5, 5.41) is 0.917. The molecule has 0 bridgehead atoms. The predicted octanol–water partition coefficient (Wildman–Crippen LogP) is 3.71. The van der Waals surface area contributed by atoms with Gasteiger partial charge in [0.15, 0.2) is 0 Å². The molecule has 0 aliphatic rings. The van der Waals surface area contributed by atoms with Gasteiger partial charge in [0.1, 0.15) is 5.75 Å². The highest BCUT2D eigenvalue weighted by Gasteiger charge is 2.07. The second-order valence-corrected chi connectivity index (χ2v) is 5.23. The highest BCUT2D eigenvalue weighted by molar-refractivity contribution is 8.00. The molecular weight excluding hydrogens is 192 g/mol. The van der Waals surface area contributed by atoms with E-state index in [4.69, 9.17) is 4.74 Å². The Morgan fingerprint density at radius 1 is 1.21 bits per heavy atom. The lowest BCUT2D eigenvalue weighted by Gasteiger charge is -2.14. The Bertz CT molecular complexity index is 266. The van der Waals surface area contributed by atoms with Crippen molar-refractivity contribution in [1.82, 2.24) is 0 Å². The van der Waals surface area contributed by atoms with Gasteiger partial charge in [-0.3, -0.25) is 0 Å². The first-order chi connectivity index (χ1) is 6.63. The van der Waals surface area contributed by atoms with E-state index in [0.29, 0.717) is 10.5 Å². The summed E-state index contributed by atoms with van der Waals surface area (Å²) >= 11 is 1.87. The molecule has 1 aromatic rings. The molecule has 0 amide bonds. The molecule has 0 spiro atoms. The fourth-order valence-electron chi connectivity index (χ4n) is 1.23. The van der Waals surface area contributed by atoms with Gasteiger partial charge in [-0.2, -0.15) is 11.8 Å². The molecule has 0 fully saturated rings. The van der Waals surface area contributed by atoms with Gasteiger partial charge in [0.25, 0.3) is 0 Å². The molecule has 2 heteroatoms.